The molecule has 4 rings (SSSR count). The number of nitrogens with zero attached hydrogens (tertiary/aromatic N) is 3. The van der Waals surface area contributed by atoms with E-state index in [-0.39, 0.29) is 29.1 Å². The number of anilines is 4. The lowest BCUT2D eigenvalue weighted by Crippen LogP contribution is -2.38. The second-order valence-corrected chi connectivity index (χ2v) is 10.6. The monoisotopic (exact) mass is 550 g/mol. The maximum absolute atomic E-state index is 13.6. The topological polar surface area (TPSA) is 149 Å². The van der Waals surface area contributed by atoms with Crippen LogP contribution < -0.4 is 30.1 Å². The van der Waals surface area contributed by atoms with E-state index in [0.717, 1.165) is 0 Å². The van der Waals surface area contributed by atoms with Gasteiger partial charge in [0.25, 0.3) is 10.0 Å². The largest absolute Gasteiger partial charge is 0.497 e. The maximum Gasteiger partial charge on any atom is 0.263 e. The summed E-state index contributed by atoms with van der Waals surface area (Å²) in [6.45, 7) is 3.72. The number of methoxy groups -OCH3 is 2. The first-order chi connectivity index (χ1) is 18.6. The number of carbonyl (C=O) groups is 1. The third-order valence-electron chi connectivity index (χ3n) is 5.82. The van der Waals surface area contributed by atoms with Crippen LogP contribution in [0.2, 0.25) is 0 Å². The number of aromatic nitrogens is 2. The number of ether oxygens (including phenoxy) is 2. The summed E-state index contributed by atoms with van der Waals surface area (Å²) in [6.07, 6.45) is 0. The van der Waals surface area contributed by atoms with E-state index in [4.69, 9.17) is 15.2 Å². The number of carbonyl (C=O) groups excluding carboxylic acids is 1. The average molecular weight is 551 g/mol. The molecular weight excluding hydrogens is 520 g/mol. The van der Waals surface area contributed by atoms with Gasteiger partial charge < -0.3 is 25.4 Å². The molecule has 0 unspecified atom stereocenters. The fraction of sp³-hybridized carbons (Fsp3) is 0.222. The highest BCUT2D eigenvalue weighted by atomic mass is 32.2. The lowest BCUT2D eigenvalue weighted by Gasteiger charge is -2.28. The van der Waals surface area contributed by atoms with Crippen LogP contribution in [0.25, 0.3) is 11.0 Å². The quantitative estimate of drug-likeness (QED) is 0.253. The highest BCUT2D eigenvalue weighted by molar-refractivity contribution is 7.92. The van der Waals surface area contributed by atoms with Crippen LogP contribution in [-0.4, -0.2) is 51.1 Å². The van der Waals surface area contributed by atoms with Crippen LogP contribution in [0.4, 0.5) is 23.0 Å². The molecule has 4 aromatic rings. The number of hydrogen-bond acceptors (Lipinski definition) is 9. The molecule has 4 N–H and O–H groups in total. The van der Waals surface area contributed by atoms with Crippen molar-refractivity contribution in [3.8, 4) is 11.5 Å². The third kappa shape index (κ3) is 6.47. The summed E-state index contributed by atoms with van der Waals surface area (Å²) in [7, 11) is -1.05. The highest BCUT2D eigenvalue weighted by Crippen LogP contribution is 2.32. The zero-order valence-electron chi connectivity index (χ0n) is 22.0. The van der Waals surface area contributed by atoms with Crippen LogP contribution in [0.1, 0.15) is 13.8 Å². The fourth-order valence-electron chi connectivity index (χ4n) is 3.93. The molecule has 1 amide bonds. The molecule has 12 heteroatoms. The predicted octanol–water partition coefficient (Wildman–Crippen LogP) is 3.89. The standard InChI is InChI=1S/C27H30N6O5S/c1-17(2)33(16-25(28)34)19-8-7-9-22(14-19)39(35,36)32-27-26(30-23-10-5-6-11-24(23)31-27)29-18-12-20(37-3)15-21(13-18)38-4/h5-15,17H,16H2,1-4H3,(H2,28,34)(H,29,30)(H,31,32). The first-order valence-electron chi connectivity index (χ1n) is 12.0. The average Bonchev–Trinajstić information content (AvgIpc) is 2.91. The number of para-hydroxylation sites is 2. The summed E-state index contributed by atoms with van der Waals surface area (Å²) in [5.41, 5.74) is 7.57. The van der Waals surface area contributed by atoms with Crippen LogP contribution in [0.15, 0.2) is 71.6 Å². The van der Waals surface area contributed by atoms with Gasteiger partial charge in [-0.2, -0.15) is 0 Å². The van der Waals surface area contributed by atoms with E-state index < -0.39 is 15.9 Å². The van der Waals surface area contributed by atoms with Gasteiger partial charge in [-0.15, -0.1) is 0 Å². The van der Waals surface area contributed by atoms with Gasteiger partial charge in [0, 0.05) is 35.6 Å². The summed E-state index contributed by atoms with van der Waals surface area (Å²) in [5, 5.41) is 3.13. The summed E-state index contributed by atoms with van der Waals surface area (Å²) >= 11 is 0. The molecule has 0 saturated carbocycles. The number of fused-ring (bicyclic) bond motifs is 1. The number of nitrogens with two attached hydrogens (primary N) is 1. The molecule has 39 heavy (non-hydrogen) atoms. The van der Waals surface area contributed by atoms with Crippen molar-refractivity contribution in [2.45, 2.75) is 24.8 Å². The van der Waals surface area contributed by atoms with Crippen molar-refractivity contribution in [2.24, 2.45) is 5.73 Å². The fourth-order valence-corrected chi connectivity index (χ4v) is 4.98. The zero-order chi connectivity index (χ0) is 28.2. The van der Waals surface area contributed by atoms with Crippen LogP contribution in [0.3, 0.4) is 0 Å². The van der Waals surface area contributed by atoms with Gasteiger partial charge in [-0.1, -0.05) is 18.2 Å². The number of primary amides is 1. The summed E-state index contributed by atoms with van der Waals surface area (Å²) < 4.78 is 40.4. The lowest BCUT2D eigenvalue weighted by atomic mass is 10.2. The van der Waals surface area contributed by atoms with Gasteiger partial charge in [0.15, 0.2) is 11.6 Å². The van der Waals surface area contributed by atoms with Crippen LogP contribution in [0, 0.1) is 0 Å². The number of nitrogens with one attached hydrogen (secondary N) is 2. The zero-order valence-corrected chi connectivity index (χ0v) is 22.8. The molecule has 0 radical (unpaired) electrons. The van der Waals surface area contributed by atoms with E-state index in [0.29, 0.717) is 33.9 Å². The Kier molecular flexibility index (Phi) is 8.05. The van der Waals surface area contributed by atoms with Crippen molar-refractivity contribution in [1.82, 2.24) is 9.97 Å². The van der Waals surface area contributed by atoms with Crippen LogP contribution in [0.5, 0.6) is 11.5 Å². The first-order valence-corrected chi connectivity index (χ1v) is 13.5. The Morgan fingerprint density at radius 3 is 2.10 bits per heavy atom. The second-order valence-electron chi connectivity index (χ2n) is 8.93. The van der Waals surface area contributed by atoms with Crippen LogP contribution in [-0.2, 0) is 14.8 Å². The molecule has 3 aromatic carbocycles. The summed E-state index contributed by atoms with van der Waals surface area (Å²) in [5.74, 6) is 0.733. The van der Waals surface area contributed by atoms with Gasteiger partial charge in [-0.3, -0.25) is 9.52 Å². The van der Waals surface area contributed by atoms with E-state index in [1.807, 2.05) is 19.9 Å². The Bertz CT molecular complexity index is 1590. The molecule has 0 bridgehead atoms. The van der Waals surface area contributed by atoms with Gasteiger partial charge >= 0.3 is 0 Å². The number of benzene rings is 3. The Balaban J connectivity index is 1.75. The predicted molar refractivity (Wildman–Crippen MR) is 151 cm³/mol. The molecule has 0 aliphatic carbocycles. The molecule has 0 atom stereocenters. The van der Waals surface area contributed by atoms with Gasteiger partial charge in [0.05, 0.1) is 36.7 Å². The molecule has 0 saturated heterocycles. The van der Waals surface area contributed by atoms with Crippen LogP contribution >= 0.6 is 0 Å². The Morgan fingerprint density at radius 2 is 1.54 bits per heavy atom. The number of sulfonamides is 1. The lowest BCUT2D eigenvalue weighted by molar-refractivity contribution is -0.116. The van der Waals surface area contributed by atoms with Gasteiger partial charge in [-0.05, 0) is 44.2 Å². The first kappa shape index (κ1) is 27.5. The van der Waals surface area contributed by atoms with Crippen molar-refractivity contribution in [1.29, 1.82) is 0 Å². The van der Waals surface area contributed by atoms with Crippen molar-refractivity contribution in [3.63, 3.8) is 0 Å². The minimum Gasteiger partial charge on any atom is -0.497 e. The molecule has 0 fully saturated rings. The molecule has 0 aliphatic heterocycles. The second kappa shape index (κ2) is 11.4. The number of rotatable bonds is 11. The molecule has 11 nitrogen and oxygen atoms in total. The summed E-state index contributed by atoms with van der Waals surface area (Å²) in [4.78, 5) is 22.5. The molecule has 0 spiro atoms. The van der Waals surface area contributed by atoms with Crippen molar-refractivity contribution < 1.29 is 22.7 Å². The normalized spacial score (nSPS) is 11.3. The van der Waals surface area contributed by atoms with Gasteiger partial charge in [0.2, 0.25) is 5.91 Å². The van der Waals surface area contributed by atoms with E-state index in [1.54, 1.807) is 53.4 Å². The third-order valence-corrected chi connectivity index (χ3v) is 7.16. The Morgan fingerprint density at radius 1 is 0.923 bits per heavy atom. The number of hydrogen-bond donors (Lipinski definition) is 3. The smallest absolute Gasteiger partial charge is 0.263 e. The molecular formula is C27H30N6O5S. The molecule has 1 heterocycles. The molecule has 1 aromatic heterocycles. The Labute approximate surface area is 227 Å². The van der Waals surface area contributed by atoms with E-state index in [1.165, 1.54) is 26.4 Å². The summed E-state index contributed by atoms with van der Waals surface area (Å²) in [6, 6.07) is 18.5. The Hall–Kier alpha value is -4.58. The maximum atomic E-state index is 13.6. The molecule has 204 valence electrons. The van der Waals surface area contributed by atoms with Crippen molar-refractivity contribution >= 4 is 50.0 Å². The van der Waals surface area contributed by atoms with Crippen molar-refractivity contribution in [3.05, 3.63) is 66.7 Å². The van der Waals surface area contributed by atoms with E-state index >= 15 is 0 Å². The van der Waals surface area contributed by atoms with E-state index in [2.05, 4.69) is 20.0 Å². The molecule has 0 aliphatic rings. The minimum atomic E-state index is -4.12. The minimum absolute atomic E-state index is 0.00117. The SMILES string of the molecule is COc1cc(Nc2nc3ccccc3nc2NS(=O)(=O)c2cccc(N(CC(N)=O)C(C)C)c2)cc(OC)c1. The highest BCUT2D eigenvalue weighted by Gasteiger charge is 2.22. The number of amides is 1. The van der Waals surface area contributed by atoms with E-state index in [9.17, 15) is 13.2 Å². The van der Waals surface area contributed by atoms with Gasteiger partial charge in [-0.25, -0.2) is 18.4 Å². The van der Waals surface area contributed by atoms with Gasteiger partial charge in [0.1, 0.15) is 11.5 Å². The van der Waals surface area contributed by atoms with Crippen molar-refractivity contribution in [2.75, 3.05) is 35.7 Å².